The van der Waals surface area contributed by atoms with Gasteiger partial charge in [0.2, 0.25) is 0 Å². The zero-order valence-electron chi connectivity index (χ0n) is 9.96. The van der Waals surface area contributed by atoms with Gasteiger partial charge in [-0.15, -0.1) is 0 Å². The average Bonchev–Trinajstić information content (AvgIpc) is 2.34. The van der Waals surface area contributed by atoms with Crippen LogP contribution in [-0.2, 0) is 4.74 Å². The van der Waals surface area contributed by atoms with Gasteiger partial charge in [-0.1, -0.05) is 18.2 Å². The molecule has 2 N–H and O–H groups in total. The number of urea groups is 1. The third kappa shape index (κ3) is 5.21. The Morgan fingerprint density at radius 3 is 2.47 bits per heavy atom. The number of para-hydroxylation sites is 1. The second kappa shape index (κ2) is 7.51. The minimum Gasteiger partial charge on any atom is -0.492 e. The normalized spacial score (nSPS) is 9.94. The number of carbonyl (C=O) groups excluding carboxylic acids is 1. The summed E-state index contributed by atoms with van der Waals surface area (Å²) in [4.78, 5) is 12.6. The molecular formula is C12H18N2O3. The van der Waals surface area contributed by atoms with Crippen molar-refractivity contribution in [2.75, 3.05) is 33.4 Å². The van der Waals surface area contributed by atoms with Crippen molar-refractivity contribution in [2.45, 2.75) is 0 Å². The van der Waals surface area contributed by atoms with E-state index in [9.17, 15) is 4.79 Å². The van der Waals surface area contributed by atoms with Crippen LogP contribution in [0.15, 0.2) is 30.3 Å². The van der Waals surface area contributed by atoms with Crippen LogP contribution < -0.4 is 10.5 Å². The number of hydrogen-bond acceptors (Lipinski definition) is 3. The third-order valence-corrected chi connectivity index (χ3v) is 2.25. The Balaban J connectivity index is 2.29. The fourth-order valence-corrected chi connectivity index (χ4v) is 1.32. The van der Waals surface area contributed by atoms with Gasteiger partial charge in [-0.2, -0.15) is 0 Å². The molecule has 17 heavy (non-hydrogen) atoms. The Morgan fingerprint density at radius 2 is 1.88 bits per heavy atom. The maximum atomic E-state index is 11.1. The highest BCUT2D eigenvalue weighted by Crippen LogP contribution is 2.07. The fourth-order valence-electron chi connectivity index (χ4n) is 1.32. The molecule has 0 fully saturated rings. The number of benzene rings is 1. The summed E-state index contributed by atoms with van der Waals surface area (Å²) in [6.45, 7) is 1.81. The highest BCUT2D eigenvalue weighted by molar-refractivity contribution is 5.71. The van der Waals surface area contributed by atoms with Crippen molar-refractivity contribution in [2.24, 2.45) is 5.73 Å². The van der Waals surface area contributed by atoms with E-state index in [2.05, 4.69) is 0 Å². The summed E-state index contributed by atoms with van der Waals surface area (Å²) in [7, 11) is 1.58. The Labute approximate surface area is 101 Å². The van der Waals surface area contributed by atoms with Crippen LogP contribution in [0.4, 0.5) is 4.79 Å². The van der Waals surface area contributed by atoms with Crippen molar-refractivity contribution in [3.05, 3.63) is 30.3 Å². The number of carbonyl (C=O) groups is 1. The molecule has 0 heterocycles. The third-order valence-electron chi connectivity index (χ3n) is 2.25. The van der Waals surface area contributed by atoms with Crippen LogP contribution in [0.25, 0.3) is 0 Å². The SMILES string of the molecule is COCCN(CCOc1ccccc1)C(N)=O. The first-order chi connectivity index (χ1) is 8.24. The quantitative estimate of drug-likeness (QED) is 0.773. The molecule has 5 heteroatoms. The van der Waals surface area contributed by atoms with Gasteiger partial charge in [0.25, 0.3) is 0 Å². The molecule has 0 aliphatic rings. The molecule has 5 nitrogen and oxygen atoms in total. The van der Waals surface area contributed by atoms with Crippen molar-refractivity contribution in [3.8, 4) is 5.75 Å². The van der Waals surface area contributed by atoms with Crippen LogP contribution in [0.3, 0.4) is 0 Å². The highest BCUT2D eigenvalue weighted by atomic mass is 16.5. The highest BCUT2D eigenvalue weighted by Gasteiger charge is 2.08. The zero-order chi connectivity index (χ0) is 12.5. The molecule has 0 bridgehead atoms. The minimum atomic E-state index is -0.460. The van der Waals surface area contributed by atoms with Gasteiger partial charge in [0.05, 0.1) is 13.2 Å². The second-order valence-corrected chi connectivity index (χ2v) is 3.48. The van der Waals surface area contributed by atoms with Gasteiger partial charge >= 0.3 is 6.03 Å². The van der Waals surface area contributed by atoms with E-state index in [1.54, 1.807) is 7.11 Å². The first-order valence-electron chi connectivity index (χ1n) is 5.45. The molecule has 94 valence electrons. The van der Waals surface area contributed by atoms with E-state index in [1.165, 1.54) is 4.90 Å². The lowest BCUT2D eigenvalue weighted by molar-refractivity contribution is 0.144. The maximum Gasteiger partial charge on any atom is 0.314 e. The first-order valence-corrected chi connectivity index (χ1v) is 5.45. The summed E-state index contributed by atoms with van der Waals surface area (Å²) in [5.74, 6) is 0.781. The van der Waals surface area contributed by atoms with Crippen LogP contribution in [0.1, 0.15) is 0 Å². The molecule has 0 atom stereocenters. The number of hydrogen-bond donors (Lipinski definition) is 1. The topological polar surface area (TPSA) is 64.8 Å². The van der Waals surface area contributed by atoms with Crippen LogP contribution in [0.2, 0.25) is 0 Å². The molecule has 1 rings (SSSR count). The largest absolute Gasteiger partial charge is 0.492 e. The van der Waals surface area contributed by atoms with E-state index < -0.39 is 6.03 Å². The standard InChI is InChI=1S/C12H18N2O3/c1-16-9-7-14(12(13)15)8-10-17-11-5-3-2-4-6-11/h2-6H,7-10H2,1H3,(H2,13,15). The monoisotopic (exact) mass is 238 g/mol. The molecule has 1 aromatic carbocycles. The maximum absolute atomic E-state index is 11.1. The van der Waals surface area contributed by atoms with E-state index in [-0.39, 0.29) is 0 Å². The van der Waals surface area contributed by atoms with Crippen LogP contribution in [0.5, 0.6) is 5.75 Å². The fraction of sp³-hybridized carbons (Fsp3) is 0.417. The van der Waals surface area contributed by atoms with Gasteiger partial charge in [-0.25, -0.2) is 4.79 Å². The van der Waals surface area contributed by atoms with E-state index in [1.807, 2.05) is 30.3 Å². The van der Waals surface area contributed by atoms with Gasteiger partial charge in [-0.3, -0.25) is 0 Å². The smallest absolute Gasteiger partial charge is 0.314 e. The Bertz CT molecular complexity index is 330. The summed E-state index contributed by atoms with van der Waals surface area (Å²) in [5, 5.41) is 0. The van der Waals surface area contributed by atoms with Crippen molar-refractivity contribution in [3.63, 3.8) is 0 Å². The lowest BCUT2D eigenvalue weighted by atomic mass is 10.3. The number of amides is 2. The molecule has 0 aliphatic carbocycles. The number of nitrogens with two attached hydrogens (primary N) is 1. The molecule has 0 spiro atoms. The molecule has 0 radical (unpaired) electrons. The van der Waals surface area contributed by atoms with E-state index in [0.717, 1.165) is 5.75 Å². The summed E-state index contributed by atoms with van der Waals surface area (Å²) in [5.41, 5.74) is 5.23. The van der Waals surface area contributed by atoms with E-state index in [0.29, 0.717) is 26.3 Å². The number of ether oxygens (including phenoxy) is 2. The minimum absolute atomic E-state index is 0.413. The zero-order valence-corrected chi connectivity index (χ0v) is 9.96. The molecular weight excluding hydrogens is 220 g/mol. The summed E-state index contributed by atoms with van der Waals surface area (Å²) >= 11 is 0. The summed E-state index contributed by atoms with van der Waals surface area (Å²) in [6, 6.07) is 8.98. The number of methoxy groups -OCH3 is 1. The van der Waals surface area contributed by atoms with Gasteiger partial charge < -0.3 is 20.1 Å². The van der Waals surface area contributed by atoms with Crippen molar-refractivity contribution in [1.82, 2.24) is 4.90 Å². The molecule has 1 aromatic rings. The average molecular weight is 238 g/mol. The van der Waals surface area contributed by atoms with Crippen molar-refractivity contribution in [1.29, 1.82) is 0 Å². The Morgan fingerprint density at radius 1 is 1.24 bits per heavy atom. The molecule has 2 amide bonds. The molecule has 0 saturated carbocycles. The predicted molar refractivity (Wildman–Crippen MR) is 65.0 cm³/mol. The van der Waals surface area contributed by atoms with Gasteiger partial charge in [0, 0.05) is 13.7 Å². The number of primary amides is 1. The predicted octanol–water partition coefficient (Wildman–Crippen LogP) is 1.09. The molecule has 0 unspecified atom stereocenters. The van der Waals surface area contributed by atoms with Crippen LogP contribution >= 0.6 is 0 Å². The van der Waals surface area contributed by atoms with Crippen molar-refractivity contribution < 1.29 is 14.3 Å². The number of rotatable bonds is 7. The lowest BCUT2D eigenvalue weighted by Crippen LogP contribution is -2.40. The summed E-state index contributed by atoms with van der Waals surface area (Å²) < 4.78 is 10.4. The molecule has 0 aliphatic heterocycles. The van der Waals surface area contributed by atoms with E-state index >= 15 is 0 Å². The number of nitrogens with zero attached hydrogens (tertiary/aromatic N) is 1. The Hall–Kier alpha value is -1.75. The summed E-state index contributed by atoms with van der Waals surface area (Å²) in [6.07, 6.45) is 0. The van der Waals surface area contributed by atoms with Gasteiger partial charge in [0.1, 0.15) is 12.4 Å². The lowest BCUT2D eigenvalue weighted by Gasteiger charge is -2.19. The van der Waals surface area contributed by atoms with Crippen molar-refractivity contribution >= 4 is 6.03 Å². The first kappa shape index (κ1) is 13.3. The second-order valence-electron chi connectivity index (χ2n) is 3.48. The Kier molecular flexibility index (Phi) is 5.88. The van der Waals surface area contributed by atoms with Gasteiger partial charge in [-0.05, 0) is 12.1 Å². The molecule has 0 saturated heterocycles. The van der Waals surface area contributed by atoms with E-state index in [4.69, 9.17) is 15.2 Å². The molecule has 0 aromatic heterocycles. The van der Waals surface area contributed by atoms with Gasteiger partial charge in [0.15, 0.2) is 0 Å². The van der Waals surface area contributed by atoms with Crippen LogP contribution in [-0.4, -0.2) is 44.3 Å². The van der Waals surface area contributed by atoms with Crippen LogP contribution in [0, 0.1) is 0 Å².